The van der Waals surface area contributed by atoms with Crippen molar-refractivity contribution in [3.05, 3.63) is 12.2 Å². The van der Waals surface area contributed by atoms with Crippen LogP contribution >= 0.6 is 24.8 Å². The number of rotatable bonds is 3. The molecule has 4 nitrogen and oxygen atoms in total. The Morgan fingerprint density at radius 3 is 2.69 bits per heavy atom. The molecule has 1 heterocycles. The van der Waals surface area contributed by atoms with Crippen LogP contribution in [-0.2, 0) is 6.42 Å². The molecule has 1 aliphatic rings. The summed E-state index contributed by atoms with van der Waals surface area (Å²) in [4.78, 5) is 0. The fourth-order valence-electron chi connectivity index (χ4n) is 1.23. The van der Waals surface area contributed by atoms with Crippen molar-refractivity contribution in [2.75, 3.05) is 6.54 Å². The van der Waals surface area contributed by atoms with Crippen molar-refractivity contribution in [3.63, 3.8) is 0 Å². The maximum Gasteiger partial charge on any atom is 0.134 e. The van der Waals surface area contributed by atoms with Crippen LogP contribution in [-0.4, -0.2) is 21.3 Å². The molecule has 2 rings (SSSR count). The van der Waals surface area contributed by atoms with Crippen LogP contribution in [0.4, 0.5) is 0 Å². The first kappa shape index (κ1) is 12.7. The second-order valence-electron chi connectivity index (χ2n) is 2.92. The predicted molar refractivity (Wildman–Crippen MR) is 55.5 cm³/mol. The van der Waals surface area contributed by atoms with Crippen LogP contribution < -0.4 is 5.73 Å². The highest BCUT2D eigenvalue weighted by molar-refractivity contribution is 5.85. The summed E-state index contributed by atoms with van der Waals surface area (Å²) in [5.74, 6) is 1.04. The third-order valence-corrected chi connectivity index (χ3v) is 1.96. The number of aromatic nitrogens is 3. The van der Waals surface area contributed by atoms with Crippen LogP contribution in [0.3, 0.4) is 0 Å². The highest BCUT2D eigenvalue weighted by Crippen LogP contribution is 2.35. The lowest BCUT2D eigenvalue weighted by atomic mass is 10.4. The number of nitrogens with two attached hydrogens (primary N) is 1. The number of nitrogens with zero attached hydrogens (tertiary/aromatic N) is 3. The van der Waals surface area contributed by atoms with Crippen LogP contribution in [0.1, 0.15) is 24.7 Å². The molecule has 0 bridgehead atoms. The van der Waals surface area contributed by atoms with E-state index >= 15 is 0 Å². The molecule has 0 saturated heterocycles. The van der Waals surface area contributed by atoms with Gasteiger partial charge in [0, 0.05) is 12.5 Å². The van der Waals surface area contributed by atoms with Crippen LogP contribution in [0.2, 0.25) is 0 Å². The van der Waals surface area contributed by atoms with Gasteiger partial charge in [-0.25, -0.2) is 0 Å². The van der Waals surface area contributed by atoms with E-state index in [9.17, 15) is 0 Å². The zero-order chi connectivity index (χ0) is 7.68. The summed E-state index contributed by atoms with van der Waals surface area (Å²) >= 11 is 0. The molecule has 0 spiro atoms. The van der Waals surface area contributed by atoms with Gasteiger partial charge in [-0.05, 0) is 19.4 Å². The molecule has 0 radical (unpaired) electrons. The van der Waals surface area contributed by atoms with Gasteiger partial charge in [0.2, 0.25) is 0 Å². The fourth-order valence-corrected chi connectivity index (χ4v) is 1.23. The minimum Gasteiger partial charge on any atom is -0.330 e. The van der Waals surface area contributed by atoms with E-state index in [0.717, 1.165) is 12.2 Å². The van der Waals surface area contributed by atoms with Crippen LogP contribution in [0.15, 0.2) is 6.33 Å². The SMILES string of the molecule is Cl.Cl.NCCc1nncn1C1CC1. The molecule has 1 aromatic rings. The molecule has 1 aromatic heterocycles. The smallest absolute Gasteiger partial charge is 0.134 e. The largest absolute Gasteiger partial charge is 0.330 e. The Morgan fingerprint density at radius 2 is 2.15 bits per heavy atom. The van der Waals surface area contributed by atoms with Gasteiger partial charge in [-0.3, -0.25) is 0 Å². The van der Waals surface area contributed by atoms with Gasteiger partial charge < -0.3 is 10.3 Å². The average molecular weight is 225 g/mol. The first-order valence-electron chi connectivity index (χ1n) is 4.00. The zero-order valence-corrected chi connectivity index (χ0v) is 8.85. The average Bonchev–Trinajstić information content (AvgIpc) is 2.75. The van der Waals surface area contributed by atoms with Gasteiger partial charge in [0.25, 0.3) is 0 Å². The van der Waals surface area contributed by atoms with Crippen LogP contribution in [0, 0.1) is 0 Å². The van der Waals surface area contributed by atoms with Crippen molar-refractivity contribution in [1.29, 1.82) is 0 Å². The highest BCUT2D eigenvalue weighted by atomic mass is 35.5. The van der Waals surface area contributed by atoms with Crippen molar-refractivity contribution in [2.24, 2.45) is 5.73 Å². The Bertz CT molecular complexity index is 246. The van der Waals surface area contributed by atoms with Crippen molar-refractivity contribution in [1.82, 2.24) is 14.8 Å². The maximum atomic E-state index is 5.43. The summed E-state index contributed by atoms with van der Waals surface area (Å²) < 4.78 is 2.15. The first-order valence-corrected chi connectivity index (χ1v) is 4.00. The lowest BCUT2D eigenvalue weighted by Crippen LogP contribution is -2.08. The van der Waals surface area contributed by atoms with Crippen LogP contribution in [0.5, 0.6) is 0 Å². The summed E-state index contributed by atoms with van der Waals surface area (Å²) in [6.45, 7) is 0.658. The molecular weight excluding hydrogens is 211 g/mol. The monoisotopic (exact) mass is 224 g/mol. The van der Waals surface area contributed by atoms with E-state index in [1.807, 2.05) is 6.33 Å². The van der Waals surface area contributed by atoms with Gasteiger partial charge in [0.15, 0.2) is 0 Å². The minimum absolute atomic E-state index is 0. The second kappa shape index (κ2) is 5.42. The fraction of sp³-hybridized carbons (Fsp3) is 0.714. The molecular formula is C7H14Cl2N4. The predicted octanol–water partition coefficient (Wildman–Crippen LogP) is 0.958. The summed E-state index contributed by atoms with van der Waals surface area (Å²) in [7, 11) is 0. The molecule has 0 amide bonds. The third-order valence-electron chi connectivity index (χ3n) is 1.96. The van der Waals surface area contributed by atoms with E-state index in [2.05, 4.69) is 14.8 Å². The Hall–Kier alpha value is -0.320. The first-order chi connectivity index (χ1) is 5.42. The third kappa shape index (κ3) is 2.83. The van der Waals surface area contributed by atoms with E-state index in [-0.39, 0.29) is 24.8 Å². The summed E-state index contributed by atoms with van der Waals surface area (Å²) in [6.07, 6.45) is 5.20. The van der Waals surface area contributed by atoms with Gasteiger partial charge in [0.1, 0.15) is 12.2 Å². The van der Waals surface area contributed by atoms with Gasteiger partial charge in [-0.15, -0.1) is 35.0 Å². The zero-order valence-electron chi connectivity index (χ0n) is 7.22. The standard InChI is InChI=1S/C7H12N4.2ClH/c8-4-3-7-10-9-5-11(7)6-1-2-6;;/h5-6H,1-4,8H2;2*1H. The molecule has 0 aromatic carbocycles. The van der Waals surface area contributed by atoms with E-state index in [4.69, 9.17) is 5.73 Å². The summed E-state index contributed by atoms with van der Waals surface area (Å²) in [6, 6.07) is 0.673. The number of hydrogen-bond donors (Lipinski definition) is 1. The molecule has 2 N–H and O–H groups in total. The molecule has 1 saturated carbocycles. The van der Waals surface area contributed by atoms with Gasteiger partial charge in [-0.2, -0.15) is 0 Å². The molecule has 76 valence electrons. The Kier molecular flexibility index (Phi) is 5.29. The lowest BCUT2D eigenvalue weighted by Gasteiger charge is -2.01. The van der Waals surface area contributed by atoms with E-state index in [1.165, 1.54) is 12.8 Å². The summed E-state index contributed by atoms with van der Waals surface area (Å²) in [5.41, 5.74) is 5.43. The number of halogens is 2. The quantitative estimate of drug-likeness (QED) is 0.833. The van der Waals surface area contributed by atoms with E-state index in [0.29, 0.717) is 12.6 Å². The van der Waals surface area contributed by atoms with Crippen molar-refractivity contribution >= 4 is 24.8 Å². The van der Waals surface area contributed by atoms with Crippen LogP contribution in [0.25, 0.3) is 0 Å². The highest BCUT2D eigenvalue weighted by Gasteiger charge is 2.25. The normalized spacial score (nSPS) is 14.5. The molecule has 0 unspecified atom stereocenters. The van der Waals surface area contributed by atoms with Gasteiger partial charge in [0.05, 0.1) is 0 Å². The Labute approximate surface area is 89.7 Å². The summed E-state index contributed by atoms with van der Waals surface area (Å²) in [5, 5.41) is 7.86. The topological polar surface area (TPSA) is 56.7 Å². The van der Waals surface area contributed by atoms with E-state index < -0.39 is 0 Å². The Balaban J connectivity index is 0.000000720. The molecule has 1 fully saturated rings. The molecule has 13 heavy (non-hydrogen) atoms. The van der Waals surface area contributed by atoms with Gasteiger partial charge >= 0.3 is 0 Å². The van der Waals surface area contributed by atoms with Crippen molar-refractivity contribution in [3.8, 4) is 0 Å². The minimum atomic E-state index is 0. The molecule has 0 atom stereocenters. The lowest BCUT2D eigenvalue weighted by molar-refractivity contribution is 0.677. The Morgan fingerprint density at radius 1 is 1.46 bits per heavy atom. The molecule has 6 heteroatoms. The van der Waals surface area contributed by atoms with Gasteiger partial charge in [-0.1, -0.05) is 0 Å². The molecule has 1 aliphatic carbocycles. The van der Waals surface area contributed by atoms with Crippen molar-refractivity contribution in [2.45, 2.75) is 25.3 Å². The second-order valence-corrected chi connectivity index (χ2v) is 2.92. The van der Waals surface area contributed by atoms with E-state index in [1.54, 1.807) is 0 Å². The molecule has 0 aliphatic heterocycles. The maximum absolute atomic E-state index is 5.43. The van der Waals surface area contributed by atoms with Crippen molar-refractivity contribution < 1.29 is 0 Å². The number of hydrogen-bond acceptors (Lipinski definition) is 3.